The monoisotopic (exact) mass is 256 g/mol. The zero-order chi connectivity index (χ0) is 12.8. The van der Waals surface area contributed by atoms with Crippen LogP contribution >= 0.6 is 0 Å². The molecule has 2 aliphatic rings. The lowest BCUT2D eigenvalue weighted by atomic mass is 10.0. The minimum Gasteiger partial charge on any atom is -0.473 e. The highest BCUT2D eigenvalue weighted by Crippen LogP contribution is 2.35. The van der Waals surface area contributed by atoms with Crippen molar-refractivity contribution >= 4 is 22.5 Å². The molecule has 2 N–H and O–H groups in total. The van der Waals surface area contributed by atoms with Gasteiger partial charge in [-0.15, -0.1) is 0 Å². The van der Waals surface area contributed by atoms with Crippen LogP contribution in [-0.2, 0) is 0 Å². The molecule has 1 saturated heterocycles. The number of fused-ring (bicyclic) bond motifs is 4. The Labute approximate surface area is 111 Å². The van der Waals surface area contributed by atoms with E-state index in [0.29, 0.717) is 17.6 Å². The van der Waals surface area contributed by atoms with Gasteiger partial charge in [0.1, 0.15) is 6.61 Å². The molecule has 0 saturated carbocycles. The molecule has 2 aliphatic heterocycles. The summed E-state index contributed by atoms with van der Waals surface area (Å²) in [4.78, 5) is 11.6. The first-order valence-corrected chi connectivity index (χ1v) is 6.78. The minimum atomic E-state index is 0.460. The van der Waals surface area contributed by atoms with Gasteiger partial charge in [0.05, 0.1) is 17.1 Å². The number of nitrogens with two attached hydrogens (primary N) is 1. The number of benzene rings is 1. The van der Waals surface area contributed by atoms with E-state index in [1.165, 1.54) is 19.3 Å². The largest absolute Gasteiger partial charge is 0.473 e. The molecular formula is C14H16N4O. The normalized spacial score (nSPS) is 21.7. The lowest BCUT2D eigenvalue weighted by molar-refractivity contribution is 0.230. The van der Waals surface area contributed by atoms with Gasteiger partial charge in [0, 0.05) is 12.2 Å². The van der Waals surface area contributed by atoms with Crippen molar-refractivity contribution < 1.29 is 4.74 Å². The van der Waals surface area contributed by atoms with Crippen LogP contribution in [0.1, 0.15) is 19.3 Å². The predicted molar refractivity (Wildman–Crippen MR) is 74.4 cm³/mol. The van der Waals surface area contributed by atoms with Gasteiger partial charge in [-0.05, 0) is 37.5 Å². The Morgan fingerprint density at radius 1 is 1.21 bits per heavy atom. The lowest BCUT2D eigenvalue weighted by Gasteiger charge is -2.40. The van der Waals surface area contributed by atoms with Gasteiger partial charge < -0.3 is 15.4 Å². The molecule has 2 aromatic rings. The highest BCUT2D eigenvalue weighted by Gasteiger charge is 2.32. The number of rotatable bonds is 0. The van der Waals surface area contributed by atoms with Crippen molar-refractivity contribution in [1.29, 1.82) is 0 Å². The molecule has 1 aromatic carbocycles. The summed E-state index contributed by atoms with van der Waals surface area (Å²) >= 11 is 0. The molecule has 0 aliphatic carbocycles. The van der Waals surface area contributed by atoms with E-state index in [4.69, 9.17) is 15.5 Å². The van der Waals surface area contributed by atoms with Crippen molar-refractivity contribution in [1.82, 2.24) is 9.97 Å². The maximum Gasteiger partial charge on any atom is 0.258 e. The molecule has 1 aromatic heterocycles. The van der Waals surface area contributed by atoms with Crippen molar-refractivity contribution in [3.8, 4) is 5.88 Å². The summed E-state index contributed by atoms with van der Waals surface area (Å²) in [6.45, 7) is 1.77. The fraction of sp³-hybridized carbons (Fsp3) is 0.429. The number of hydrogen-bond acceptors (Lipinski definition) is 5. The van der Waals surface area contributed by atoms with Crippen LogP contribution in [-0.4, -0.2) is 29.2 Å². The van der Waals surface area contributed by atoms with E-state index >= 15 is 0 Å². The first-order chi connectivity index (χ1) is 9.31. The first-order valence-electron chi connectivity index (χ1n) is 6.78. The Balaban J connectivity index is 1.87. The van der Waals surface area contributed by atoms with E-state index in [2.05, 4.69) is 9.88 Å². The Bertz CT molecular complexity index is 643. The molecule has 1 unspecified atom stereocenters. The molecule has 0 bridgehead atoms. The van der Waals surface area contributed by atoms with E-state index in [1.54, 1.807) is 0 Å². The van der Waals surface area contributed by atoms with Crippen molar-refractivity contribution in [2.75, 3.05) is 23.8 Å². The molecule has 0 radical (unpaired) electrons. The molecule has 3 heterocycles. The van der Waals surface area contributed by atoms with Crippen LogP contribution in [0.5, 0.6) is 5.88 Å². The summed E-state index contributed by atoms with van der Waals surface area (Å²) in [5, 5.41) is 0. The second-order valence-corrected chi connectivity index (χ2v) is 5.25. The van der Waals surface area contributed by atoms with Crippen LogP contribution < -0.4 is 15.4 Å². The van der Waals surface area contributed by atoms with Crippen LogP contribution in [0.15, 0.2) is 18.2 Å². The summed E-state index contributed by atoms with van der Waals surface area (Å²) in [6, 6.07) is 6.09. The summed E-state index contributed by atoms with van der Waals surface area (Å²) in [6.07, 6.45) is 3.68. The van der Waals surface area contributed by atoms with E-state index in [0.717, 1.165) is 30.0 Å². The predicted octanol–water partition coefficient (Wildman–Crippen LogP) is 1.96. The second-order valence-electron chi connectivity index (χ2n) is 5.25. The molecule has 1 fully saturated rings. The lowest BCUT2D eigenvalue weighted by Crippen LogP contribution is -2.46. The smallest absolute Gasteiger partial charge is 0.258 e. The van der Waals surface area contributed by atoms with Gasteiger partial charge in [0.25, 0.3) is 5.88 Å². The van der Waals surface area contributed by atoms with Gasteiger partial charge in [-0.1, -0.05) is 0 Å². The highest BCUT2D eigenvalue weighted by molar-refractivity contribution is 5.81. The standard InChI is InChI=1S/C14H16N4O/c15-9-4-5-11-12(7-9)17-14-13(16-11)18-6-2-1-3-10(18)8-19-14/h4-5,7,10H,1-3,6,8,15H2. The molecule has 19 heavy (non-hydrogen) atoms. The first kappa shape index (κ1) is 10.8. The topological polar surface area (TPSA) is 64.3 Å². The molecule has 5 nitrogen and oxygen atoms in total. The maximum absolute atomic E-state index is 5.79. The van der Waals surface area contributed by atoms with Gasteiger partial charge in [-0.25, -0.2) is 9.97 Å². The van der Waals surface area contributed by atoms with Crippen molar-refractivity contribution in [3.05, 3.63) is 18.2 Å². The molecule has 4 rings (SSSR count). The average Bonchev–Trinajstić information content (AvgIpc) is 2.45. The van der Waals surface area contributed by atoms with Gasteiger partial charge >= 0.3 is 0 Å². The number of nitrogen functional groups attached to an aromatic ring is 1. The molecule has 0 spiro atoms. The third kappa shape index (κ3) is 1.69. The van der Waals surface area contributed by atoms with Crippen LogP contribution in [0, 0.1) is 0 Å². The number of anilines is 2. The van der Waals surface area contributed by atoms with Gasteiger partial charge in [-0.3, -0.25) is 0 Å². The fourth-order valence-electron chi connectivity index (χ4n) is 2.96. The zero-order valence-electron chi connectivity index (χ0n) is 10.7. The number of ether oxygens (including phenoxy) is 1. The van der Waals surface area contributed by atoms with Crippen molar-refractivity contribution in [2.45, 2.75) is 25.3 Å². The number of hydrogen-bond donors (Lipinski definition) is 1. The van der Waals surface area contributed by atoms with Gasteiger partial charge in [-0.2, -0.15) is 0 Å². The van der Waals surface area contributed by atoms with Gasteiger partial charge in [0.2, 0.25) is 0 Å². The summed E-state index contributed by atoms with van der Waals surface area (Å²) in [5.74, 6) is 1.55. The minimum absolute atomic E-state index is 0.460. The number of nitrogens with zero attached hydrogens (tertiary/aromatic N) is 3. The molecular weight excluding hydrogens is 240 g/mol. The number of piperidine rings is 1. The zero-order valence-corrected chi connectivity index (χ0v) is 10.7. The van der Waals surface area contributed by atoms with E-state index in [9.17, 15) is 0 Å². The average molecular weight is 256 g/mol. The van der Waals surface area contributed by atoms with Gasteiger partial charge in [0.15, 0.2) is 5.82 Å². The van der Waals surface area contributed by atoms with E-state index in [-0.39, 0.29) is 0 Å². The molecule has 1 atom stereocenters. The Kier molecular flexibility index (Phi) is 2.27. The Morgan fingerprint density at radius 2 is 2.16 bits per heavy atom. The fourth-order valence-corrected chi connectivity index (χ4v) is 2.96. The van der Waals surface area contributed by atoms with Crippen LogP contribution in [0.4, 0.5) is 11.5 Å². The molecule has 5 heteroatoms. The van der Waals surface area contributed by atoms with E-state index in [1.807, 2.05) is 18.2 Å². The summed E-state index contributed by atoms with van der Waals surface area (Å²) in [5.41, 5.74) is 8.17. The third-order valence-electron chi connectivity index (χ3n) is 3.95. The third-order valence-corrected chi connectivity index (χ3v) is 3.95. The van der Waals surface area contributed by atoms with Crippen LogP contribution in [0.25, 0.3) is 11.0 Å². The maximum atomic E-state index is 5.79. The summed E-state index contributed by atoms with van der Waals surface area (Å²) in [7, 11) is 0. The van der Waals surface area contributed by atoms with Crippen molar-refractivity contribution in [2.24, 2.45) is 0 Å². The van der Waals surface area contributed by atoms with Crippen molar-refractivity contribution in [3.63, 3.8) is 0 Å². The Morgan fingerprint density at radius 3 is 3.11 bits per heavy atom. The second kappa shape index (κ2) is 3.98. The van der Waals surface area contributed by atoms with Crippen LogP contribution in [0.3, 0.4) is 0 Å². The highest BCUT2D eigenvalue weighted by atomic mass is 16.5. The quantitative estimate of drug-likeness (QED) is 0.730. The summed E-state index contributed by atoms with van der Waals surface area (Å²) < 4.78 is 5.78. The number of aromatic nitrogens is 2. The van der Waals surface area contributed by atoms with E-state index < -0.39 is 0 Å². The Hall–Kier alpha value is -2.04. The van der Waals surface area contributed by atoms with Crippen LogP contribution in [0.2, 0.25) is 0 Å². The molecule has 0 amide bonds. The molecule has 98 valence electrons. The SMILES string of the molecule is Nc1ccc2nc3c(nc2c1)OCC1CCCCN31.